The van der Waals surface area contributed by atoms with Gasteiger partial charge in [-0.3, -0.25) is 9.59 Å². The van der Waals surface area contributed by atoms with Gasteiger partial charge in [-0.25, -0.2) is 14.1 Å². The summed E-state index contributed by atoms with van der Waals surface area (Å²) in [7, 11) is 0. The fraction of sp³-hybridized carbons (Fsp3) is 0.412. The molecule has 1 aliphatic rings. The van der Waals surface area contributed by atoms with E-state index in [0.717, 1.165) is 6.42 Å². The molecule has 1 unspecified atom stereocenters. The first-order valence-corrected chi connectivity index (χ1v) is 8.42. The van der Waals surface area contributed by atoms with Crippen molar-refractivity contribution in [3.05, 3.63) is 41.7 Å². The molecule has 0 radical (unpaired) electrons. The molecule has 1 aromatic heterocycles. The number of hydrogen-bond donors (Lipinski definition) is 1. The van der Waals surface area contributed by atoms with Gasteiger partial charge < -0.3 is 15.4 Å². The number of rotatable bonds is 5. The van der Waals surface area contributed by atoms with E-state index in [-0.39, 0.29) is 24.7 Å². The van der Waals surface area contributed by atoms with E-state index < -0.39 is 23.7 Å². The molecule has 2 N–H and O–H groups in total. The second kappa shape index (κ2) is 7.61. The zero-order valence-corrected chi connectivity index (χ0v) is 14.4. The molecule has 9 heteroatoms. The van der Waals surface area contributed by atoms with Crippen molar-refractivity contribution in [1.29, 1.82) is 0 Å². The van der Waals surface area contributed by atoms with E-state index in [2.05, 4.69) is 10.1 Å². The van der Waals surface area contributed by atoms with Crippen molar-refractivity contribution < 1.29 is 18.7 Å². The van der Waals surface area contributed by atoms with Crippen molar-refractivity contribution in [2.45, 2.75) is 25.9 Å². The molecule has 2 heterocycles. The quantitative estimate of drug-likeness (QED) is 0.844. The Bertz CT molecular complexity index is 822. The molecule has 3 rings (SSSR count). The Morgan fingerprint density at radius 1 is 1.38 bits per heavy atom. The van der Waals surface area contributed by atoms with Crippen LogP contribution in [0.1, 0.15) is 29.8 Å². The van der Waals surface area contributed by atoms with Crippen LogP contribution in [0, 0.1) is 5.82 Å². The maximum absolute atomic E-state index is 14.1. The molecular formula is C17H20FN5O3. The molecular weight excluding hydrogens is 341 g/mol. The fourth-order valence-electron chi connectivity index (χ4n) is 2.78. The Morgan fingerprint density at radius 2 is 2.15 bits per heavy atom. The number of aromatic nitrogens is 3. The Hall–Kier alpha value is -2.81. The van der Waals surface area contributed by atoms with E-state index in [1.165, 1.54) is 15.6 Å². The third-order valence-corrected chi connectivity index (χ3v) is 4.09. The highest BCUT2D eigenvalue weighted by atomic mass is 19.1. The largest absolute Gasteiger partial charge is 0.367 e. The van der Waals surface area contributed by atoms with Gasteiger partial charge in [0.25, 0.3) is 5.91 Å². The van der Waals surface area contributed by atoms with Gasteiger partial charge in [-0.05, 0) is 18.6 Å². The summed E-state index contributed by atoms with van der Waals surface area (Å²) in [5.74, 6) is -1.05. The molecule has 2 amide bonds. The standard InChI is InChI=1S/C17H20FN5O3/c1-2-5-14-20-16(21-23(14)12-7-4-3-6-11(12)18)17(25)22-8-9-26-13(10-22)15(19)24/h3-4,6-7,13H,2,5,8-10H2,1H3,(H2,19,24). The summed E-state index contributed by atoms with van der Waals surface area (Å²) in [6.07, 6.45) is 0.459. The fourth-order valence-corrected chi connectivity index (χ4v) is 2.78. The minimum Gasteiger partial charge on any atom is -0.367 e. The van der Waals surface area contributed by atoms with Crippen molar-refractivity contribution in [2.24, 2.45) is 5.73 Å². The van der Waals surface area contributed by atoms with Crippen LogP contribution in [0.5, 0.6) is 0 Å². The molecule has 1 aliphatic heterocycles. The molecule has 0 bridgehead atoms. The van der Waals surface area contributed by atoms with Gasteiger partial charge in [0, 0.05) is 13.0 Å². The van der Waals surface area contributed by atoms with Crippen LogP contribution >= 0.6 is 0 Å². The highest BCUT2D eigenvalue weighted by Gasteiger charge is 2.30. The van der Waals surface area contributed by atoms with Crippen molar-refractivity contribution in [3.63, 3.8) is 0 Å². The minimum atomic E-state index is -0.850. The summed E-state index contributed by atoms with van der Waals surface area (Å²) in [6.45, 7) is 2.52. The van der Waals surface area contributed by atoms with E-state index in [9.17, 15) is 14.0 Å². The normalized spacial score (nSPS) is 17.3. The summed E-state index contributed by atoms with van der Waals surface area (Å²) < 4.78 is 20.8. The highest BCUT2D eigenvalue weighted by molar-refractivity contribution is 5.91. The van der Waals surface area contributed by atoms with Gasteiger partial charge in [0.15, 0.2) is 6.10 Å². The lowest BCUT2D eigenvalue weighted by molar-refractivity contribution is -0.133. The molecule has 0 aliphatic carbocycles. The Labute approximate surface area is 149 Å². The number of nitrogens with two attached hydrogens (primary N) is 1. The van der Waals surface area contributed by atoms with Crippen molar-refractivity contribution in [3.8, 4) is 5.69 Å². The van der Waals surface area contributed by atoms with Gasteiger partial charge in [-0.15, -0.1) is 5.10 Å². The van der Waals surface area contributed by atoms with Crippen LogP contribution in [0.25, 0.3) is 5.69 Å². The van der Waals surface area contributed by atoms with Gasteiger partial charge in [0.1, 0.15) is 17.3 Å². The molecule has 26 heavy (non-hydrogen) atoms. The number of carbonyl (C=O) groups is 2. The summed E-state index contributed by atoms with van der Waals surface area (Å²) in [4.78, 5) is 29.8. The third kappa shape index (κ3) is 3.57. The summed E-state index contributed by atoms with van der Waals surface area (Å²) in [5, 5.41) is 4.22. The lowest BCUT2D eigenvalue weighted by Crippen LogP contribution is -2.50. The van der Waals surface area contributed by atoms with Gasteiger partial charge >= 0.3 is 0 Å². The minimum absolute atomic E-state index is 0.0400. The summed E-state index contributed by atoms with van der Waals surface area (Å²) in [6, 6.07) is 6.18. The molecule has 0 saturated carbocycles. The van der Waals surface area contributed by atoms with Crippen LogP contribution in [0.15, 0.2) is 24.3 Å². The summed E-state index contributed by atoms with van der Waals surface area (Å²) >= 11 is 0. The van der Waals surface area contributed by atoms with E-state index >= 15 is 0 Å². The van der Waals surface area contributed by atoms with Crippen LogP contribution in [0.2, 0.25) is 0 Å². The summed E-state index contributed by atoms with van der Waals surface area (Å²) in [5.41, 5.74) is 5.49. The van der Waals surface area contributed by atoms with Crippen molar-refractivity contribution in [1.82, 2.24) is 19.7 Å². The van der Waals surface area contributed by atoms with Crippen molar-refractivity contribution >= 4 is 11.8 Å². The molecule has 2 aromatic rings. The number of aryl methyl sites for hydroxylation is 1. The number of para-hydroxylation sites is 1. The molecule has 138 valence electrons. The number of hydrogen-bond acceptors (Lipinski definition) is 5. The Morgan fingerprint density at radius 3 is 2.85 bits per heavy atom. The maximum Gasteiger partial charge on any atom is 0.293 e. The first-order valence-electron chi connectivity index (χ1n) is 8.42. The molecule has 1 aromatic carbocycles. The topological polar surface area (TPSA) is 103 Å². The van der Waals surface area contributed by atoms with E-state index in [4.69, 9.17) is 10.5 Å². The predicted octanol–water partition coefficient (Wildman–Crippen LogP) is 0.685. The monoisotopic (exact) mass is 361 g/mol. The lowest BCUT2D eigenvalue weighted by Gasteiger charge is -2.30. The van der Waals surface area contributed by atoms with E-state index in [0.29, 0.717) is 18.8 Å². The average molecular weight is 361 g/mol. The number of amides is 2. The first kappa shape index (κ1) is 18.0. The Kier molecular flexibility index (Phi) is 5.27. The van der Waals surface area contributed by atoms with Crippen LogP contribution in [-0.2, 0) is 16.0 Å². The van der Waals surface area contributed by atoms with Crippen LogP contribution < -0.4 is 5.73 Å². The van der Waals surface area contributed by atoms with E-state index in [1.807, 2.05) is 6.92 Å². The number of nitrogens with zero attached hydrogens (tertiary/aromatic N) is 4. The average Bonchev–Trinajstić information content (AvgIpc) is 3.05. The zero-order chi connectivity index (χ0) is 18.7. The SMILES string of the molecule is CCCc1nc(C(=O)N2CCOC(C(N)=O)C2)nn1-c1ccccc1F. The van der Waals surface area contributed by atoms with E-state index in [1.54, 1.807) is 18.2 Å². The number of carbonyl (C=O) groups excluding carboxylic acids is 2. The number of ether oxygens (including phenoxy) is 1. The Balaban J connectivity index is 1.91. The molecule has 8 nitrogen and oxygen atoms in total. The number of morpholine rings is 1. The number of benzene rings is 1. The number of primary amides is 1. The molecule has 1 atom stereocenters. The van der Waals surface area contributed by atoms with Gasteiger partial charge in [0.05, 0.1) is 13.2 Å². The van der Waals surface area contributed by atoms with Crippen molar-refractivity contribution in [2.75, 3.05) is 19.7 Å². The number of halogens is 1. The first-order chi connectivity index (χ1) is 12.5. The molecule has 0 spiro atoms. The van der Waals surface area contributed by atoms with Gasteiger partial charge in [-0.2, -0.15) is 0 Å². The highest BCUT2D eigenvalue weighted by Crippen LogP contribution is 2.17. The van der Waals surface area contributed by atoms with Crippen LogP contribution in [-0.4, -0.2) is 57.3 Å². The predicted molar refractivity (Wildman–Crippen MR) is 90.1 cm³/mol. The zero-order valence-electron chi connectivity index (χ0n) is 14.4. The second-order valence-corrected chi connectivity index (χ2v) is 5.98. The maximum atomic E-state index is 14.1. The van der Waals surface area contributed by atoms with Crippen LogP contribution in [0.3, 0.4) is 0 Å². The smallest absolute Gasteiger partial charge is 0.293 e. The molecule has 1 saturated heterocycles. The third-order valence-electron chi connectivity index (χ3n) is 4.09. The molecule has 1 fully saturated rings. The second-order valence-electron chi connectivity index (χ2n) is 5.98. The lowest BCUT2D eigenvalue weighted by atomic mass is 10.2. The van der Waals surface area contributed by atoms with Gasteiger partial charge in [0.2, 0.25) is 11.7 Å². The van der Waals surface area contributed by atoms with Gasteiger partial charge in [-0.1, -0.05) is 19.1 Å². The van der Waals surface area contributed by atoms with Crippen LogP contribution in [0.4, 0.5) is 4.39 Å².